The van der Waals surface area contributed by atoms with Gasteiger partial charge in [0.2, 0.25) is 0 Å². The van der Waals surface area contributed by atoms with Crippen LogP contribution in [0.15, 0.2) is 0 Å². The first-order valence-electron chi connectivity index (χ1n) is 4.32. The van der Waals surface area contributed by atoms with Crippen LogP contribution in [-0.4, -0.2) is 47.7 Å². The second-order valence-electron chi connectivity index (χ2n) is 3.96. The predicted octanol–water partition coefficient (Wildman–Crippen LogP) is -0.493. The van der Waals surface area contributed by atoms with Crippen LogP contribution in [0, 0.1) is 0 Å². The lowest BCUT2D eigenvalue weighted by atomic mass is 9.97. The van der Waals surface area contributed by atoms with Gasteiger partial charge in [-0.15, -0.1) is 0 Å². The quantitative estimate of drug-likeness (QED) is 0.557. The van der Waals surface area contributed by atoms with Crippen LogP contribution in [0.2, 0.25) is 0 Å². The van der Waals surface area contributed by atoms with E-state index in [9.17, 15) is 4.79 Å². The van der Waals surface area contributed by atoms with Crippen LogP contribution in [0.1, 0.15) is 12.8 Å². The Morgan fingerprint density at radius 1 is 1.75 bits per heavy atom. The third-order valence-corrected chi connectivity index (χ3v) is 2.88. The lowest BCUT2D eigenvalue weighted by Crippen LogP contribution is -2.62. The third kappa shape index (κ3) is 1.03. The zero-order valence-electron chi connectivity index (χ0n) is 7.21. The number of rotatable bonds is 1. The summed E-state index contributed by atoms with van der Waals surface area (Å²) in [5.74, 6) is -0.698. The zero-order chi connectivity index (χ0) is 8.77. The van der Waals surface area contributed by atoms with Gasteiger partial charge in [-0.1, -0.05) is 0 Å². The highest BCUT2D eigenvalue weighted by molar-refractivity contribution is 5.80. The van der Waals surface area contributed by atoms with Crippen LogP contribution in [-0.2, 0) is 4.79 Å². The Kier molecular flexibility index (Phi) is 1.63. The molecule has 2 rings (SSSR count). The molecule has 2 aliphatic heterocycles. The van der Waals surface area contributed by atoms with Crippen molar-refractivity contribution in [3.05, 3.63) is 0 Å². The molecule has 0 amide bonds. The molecule has 2 fully saturated rings. The first kappa shape index (κ1) is 8.01. The highest BCUT2D eigenvalue weighted by Crippen LogP contribution is 2.29. The fraction of sp³-hybridized carbons (Fsp3) is 0.875. The third-order valence-electron chi connectivity index (χ3n) is 2.88. The number of likely N-dealkylation sites (N-methyl/N-ethyl adjacent to an activating group) is 1. The van der Waals surface area contributed by atoms with Crippen LogP contribution in [0.4, 0.5) is 0 Å². The molecule has 0 aliphatic carbocycles. The van der Waals surface area contributed by atoms with Gasteiger partial charge in [0, 0.05) is 19.1 Å². The molecule has 0 aromatic carbocycles. The summed E-state index contributed by atoms with van der Waals surface area (Å²) in [6.07, 6.45) is 1.77. The molecule has 4 heteroatoms. The maximum atomic E-state index is 11.0. The molecule has 4 nitrogen and oxygen atoms in total. The summed E-state index contributed by atoms with van der Waals surface area (Å²) in [5.41, 5.74) is -0.641. The van der Waals surface area contributed by atoms with Crippen LogP contribution in [0.25, 0.3) is 0 Å². The topological polar surface area (TPSA) is 52.6 Å². The van der Waals surface area contributed by atoms with Crippen LogP contribution in [0.3, 0.4) is 0 Å². The molecule has 12 heavy (non-hydrogen) atoms. The van der Waals surface area contributed by atoms with E-state index in [1.54, 1.807) is 0 Å². The molecule has 2 saturated heterocycles. The molecule has 2 N–H and O–H groups in total. The minimum Gasteiger partial charge on any atom is -0.480 e. The highest BCUT2D eigenvalue weighted by Gasteiger charge is 2.48. The van der Waals surface area contributed by atoms with Gasteiger partial charge in [-0.2, -0.15) is 0 Å². The van der Waals surface area contributed by atoms with Gasteiger partial charge in [0.1, 0.15) is 5.54 Å². The van der Waals surface area contributed by atoms with Gasteiger partial charge in [0.05, 0.1) is 0 Å². The fourth-order valence-electron chi connectivity index (χ4n) is 2.36. The number of aliphatic carboxylic acids is 1. The van der Waals surface area contributed by atoms with E-state index in [1.807, 2.05) is 7.05 Å². The maximum Gasteiger partial charge on any atom is 0.325 e. The van der Waals surface area contributed by atoms with Crippen molar-refractivity contribution in [1.29, 1.82) is 0 Å². The van der Waals surface area contributed by atoms with E-state index in [0.717, 1.165) is 19.4 Å². The van der Waals surface area contributed by atoms with Crippen LogP contribution < -0.4 is 5.32 Å². The van der Waals surface area contributed by atoms with Crippen molar-refractivity contribution in [3.63, 3.8) is 0 Å². The second-order valence-corrected chi connectivity index (χ2v) is 3.96. The Labute approximate surface area is 71.5 Å². The van der Waals surface area contributed by atoms with Gasteiger partial charge >= 0.3 is 5.97 Å². The summed E-state index contributed by atoms with van der Waals surface area (Å²) < 4.78 is 0. The Balaban J connectivity index is 2.21. The molecule has 2 heterocycles. The Bertz CT molecular complexity index is 219. The molecule has 0 aromatic rings. The maximum absolute atomic E-state index is 11.0. The van der Waals surface area contributed by atoms with E-state index >= 15 is 0 Å². The SMILES string of the molecule is CN1CC2CCC(C(=O)O)(C1)N2. The molecule has 68 valence electrons. The van der Waals surface area contributed by atoms with Gasteiger partial charge < -0.3 is 10.0 Å². The number of hydrogen-bond donors (Lipinski definition) is 2. The number of likely N-dealkylation sites (tertiary alicyclic amines) is 1. The van der Waals surface area contributed by atoms with E-state index in [2.05, 4.69) is 10.2 Å². The molecule has 2 unspecified atom stereocenters. The van der Waals surface area contributed by atoms with Crippen molar-refractivity contribution in [1.82, 2.24) is 10.2 Å². The largest absolute Gasteiger partial charge is 0.480 e. The predicted molar refractivity (Wildman–Crippen MR) is 44.0 cm³/mol. The van der Waals surface area contributed by atoms with E-state index in [1.165, 1.54) is 0 Å². The van der Waals surface area contributed by atoms with Crippen molar-refractivity contribution < 1.29 is 9.90 Å². The first-order chi connectivity index (χ1) is 5.62. The van der Waals surface area contributed by atoms with E-state index < -0.39 is 11.5 Å². The molecular weight excluding hydrogens is 156 g/mol. The molecule has 2 aliphatic rings. The van der Waals surface area contributed by atoms with Crippen molar-refractivity contribution in [2.24, 2.45) is 0 Å². The van der Waals surface area contributed by atoms with Gasteiger partial charge in [0.25, 0.3) is 0 Å². The smallest absolute Gasteiger partial charge is 0.325 e. The summed E-state index contributed by atoms with van der Waals surface area (Å²) in [5, 5.41) is 12.2. The average Bonchev–Trinajstić information content (AvgIpc) is 2.28. The number of nitrogens with one attached hydrogen (secondary N) is 1. The van der Waals surface area contributed by atoms with Crippen LogP contribution >= 0.6 is 0 Å². The van der Waals surface area contributed by atoms with Gasteiger partial charge in [-0.3, -0.25) is 10.1 Å². The normalized spacial score (nSPS) is 41.6. The van der Waals surface area contributed by atoms with Crippen molar-refractivity contribution in [2.75, 3.05) is 20.1 Å². The van der Waals surface area contributed by atoms with Gasteiger partial charge in [0.15, 0.2) is 0 Å². The lowest BCUT2D eigenvalue weighted by molar-refractivity contribution is -0.146. The second kappa shape index (κ2) is 2.44. The van der Waals surface area contributed by atoms with E-state index in [-0.39, 0.29) is 0 Å². The number of carboxylic acids is 1. The lowest BCUT2D eigenvalue weighted by Gasteiger charge is -2.36. The molecule has 2 bridgehead atoms. The van der Waals surface area contributed by atoms with Gasteiger partial charge in [-0.25, -0.2) is 0 Å². The zero-order valence-corrected chi connectivity index (χ0v) is 7.21. The standard InChI is InChI=1S/C8H14N2O2/c1-10-4-6-2-3-8(5-10,9-6)7(11)12/h6,9H,2-5H2,1H3,(H,11,12). The summed E-state index contributed by atoms with van der Waals surface area (Å²) >= 11 is 0. The van der Waals surface area contributed by atoms with Crippen LogP contribution in [0.5, 0.6) is 0 Å². The summed E-state index contributed by atoms with van der Waals surface area (Å²) in [4.78, 5) is 13.1. The van der Waals surface area contributed by atoms with E-state index in [0.29, 0.717) is 12.6 Å². The minimum atomic E-state index is -0.698. The number of carboxylic acid groups (broad SMARTS) is 1. The summed E-state index contributed by atoms with van der Waals surface area (Å²) in [6.45, 7) is 1.62. The van der Waals surface area contributed by atoms with Crippen molar-refractivity contribution in [2.45, 2.75) is 24.4 Å². The Morgan fingerprint density at radius 2 is 2.50 bits per heavy atom. The van der Waals surface area contributed by atoms with Gasteiger partial charge in [-0.05, 0) is 19.9 Å². The molecule has 0 saturated carbocycles. The molecule has 2 atom stereocenters. The highest BCUT2D eigenvalue weighted by atomic mass is 16.4. The molecule has 0 aromatic heterocycles. The first-order valence-corrected chi connectivity index (χ1v) is 4.32. The van der Waals surface area contributed by atoms with Crippen molar-refractivity contribution in [3.8, 4) is 0 Å². The molecular formula is C8H14N2O2. The molecule has 0 spiro atoms. The number of carbonyl (C=O) groups is 1. The summed E-state index contributed by atoms with van der Waals surface area (Å²) in [6, 6.07) is 0.389. The molecule has 0 radical (unpaired) electrons. The average molecular weight is 170 g/mol. The monoisotopic (exact) mass is 170 g/mol. The fourth-order valence-corrected chi connectivity index (χ4v) is 2.36. The van der Waals surface area contributed by atoms with E-state index in [4.69, 9.17) is 5.11 Å². The van der Waals surface area contributed by atoms with Crippen molar-refractivity contribution >= 4 is 5.97 Å². The Hall–Kier alpha value is -0.610. The number of fused-ring (bicyclic) bond motifs is 2. The number of nitrogens with zero attached hydrogens (tertiary/aromatic N) is 1. The minimum absolute atomic E-state index is 0.389. The summed E-state index contributed by atoms with van der Waals surface area (Å²) in [7, 11) is 1.98. The number of piperazine rings is 1. The Morgan fingerprint density at radius 3 is 3.17 bits per heavy atom. The number of hydrogen-bond acceptors (Lipinski definition) is 3.